The molecule has 0 aliphatic carbocycles. The van der Waals surface area contributed by atoms with Gasteiger partial charge in [-0.05, 0) is 5.92 Å². The van der Waals surface area contributed by atoms with Crippen LogP contribution >= 0.6 is 0 Å². The lowest BCUT2D eigenvalue weighted by Crippen LogP contribution is -2.28. The minimum atomic E-state index is -0.284. The second-order valence-corrected chi connectivity index (χ2v) is 5.28. The highest BCUT2D eigenvalue weighted by molar-refractivity contribution is 5.90. The second-order valence-electron chi connectivity index (χ2n) is 5.28. The third-order valence-corrected chi connectivity index (χ3v) is 1.94. The molecule has 0 saturated carbocycles. The Morgan fingerprint density at radius 3 is 2.50 bits per heavy atom. The van der Waals surface area contributed by atoms with Gasteiger partial charge in [-0.1, -0.05) is 39.8 Å². The summed E-state index contributed by atoms with van der Waals surface area (Å²) in [5.41, 5.74) is -0.233. The van der Waals surface area contributed by atoms with E-state index in [2.05, 4.69) is 15.5 Å². The molecule has 0 radical (unpaired) electrons. The summed E-state index contributed by atoms with van der Waals surface area (Å²) in [6, 6.07) is 0. The van der Waals surface area contributed by atoms with Crippen LogP contribution in [0.5, 0.6) is 0 Å². The molecule has 0 aromatic carbocycles. The maximum Gasteiger partial charge on any atom is 0.292 e. The van der Waals surface area contributed by atoms with Crippen molar-refractivity contribution in [3.8, 4) is 0 Å². The summed E-state index contributed by atoms with van der Waals surface area (Å²) in [5, 5.41) is 6.40. The Labute approximate surface area is 95.6 Å². The number of nitrogens with one attached hydrogen (secondary N) is 1. The number of hydrogen-bond donors (Lipinski definition) is 1. The van der Waals surface area contributed by atoms with Crippen LogP contribution in [0.25, 0.3) is 0 Å². The maximum absolute atomic E-state index is 11.6. The Bertz CT molecular complexity index is 364. The van der Waals surface area contributed by atoms with Gasteiger partial charge in [0.15, 0.2) is 0 Å². The molecule has 0 saturated heterocycles. The molecule has 0 bridgehead atoms. The fourth-order valence-corrected chi connectivity index (χ4v) is 0.996. The van der Waals surface area contributed by atoms with Gasteiger partial charge < -0.3 is 9.84 Å². The van der Waals surface area contributed by atoms with Crippen molar-refractivity contribution in [3.63, 3.8) is 0 Å². The second kappa shape index (κ2) is 4.63. The van der Waals surface area contributed by atoms with E-state index in [-0.39, 0.29) is 17.1 Å². The highest BCUT2D eigenvalue weighted by atomic mass is 16.5. The Kier molecular flexibility index (Phi) is 3.67. The van der Waals surface area contributed by atoms with E-state index in [4.69, 9.17) is 4.52 Å². The van der Waals surface area contributed by atoms with Crippen molar-refractivity contribution in [1.29, 1.82) is 0 Å². The number of nitrogens with zero attached hydrogens (tertiary/aromatic N) is 2. The van der Waals surface area contributed by atoms with Gasteiger partial charge in [-0.2, -0.15) is 4.98 Å². The third kappa shape index (κ3) is 3.32. The molecule has 0 spiro atoms. The first-order valence-electron chi connectivity index (χ1n) is 5.43. The summed E-state index contributed by atoms with van der Waals surface area (Å²) >= 11 is 0. The first-order chi connectivity index (χ1) is 7.30. The molecule has 1 rings (SSSR count). The van der Waals surface area contributed by atoms with E-state index in [0.29, 0.717) is 18.4 Å². The van der Waals surface area contributed by atoms with Crippen LogP contribution in [0, 0.1) is 5.92 Å². The Hall–Kier alpha value is -1.39. The number of carbonyl (C=O) groups is 1. The molecule has 0 unspecified atom stereocenters. The van der Waals surface area contributed by atoms with Crippen molar-refractivity contribution in [3.05, 3.63) is 11.7 Å². The largest absolute Gasteiger partial charge is 0.349 e. The maximum atomic E-state index is 11.6. The molecule has 0 fully saturated rings. The lowest BCUT2D eigenvalue weighted by Gasteiger charge is -2.10. The van der Waals surface area contributed by atoms with Crippen molar-refractivity contribution in [1.82, 2.24) is 15.5 Å². The van der Waals surface area contributed by atoms with Crippen LogP contribution in [0.4, 0.5) is 0 Å². The molecule has 1 aromatic rings. The monoisotopic (exact) mass is 225 g/mol. The van der Waals surface area contributed by atoms with Crippen molar-refractivity contribution >= 4 is 5.91 Å². The summed E-state index contributed by atoms with van der Waals surface area (Å²) in [4.78, 5) is 15.7. The number of aromatic nitrogens is 2. The normalized spacial score (nSPS) is 11.9. The number of hydrogen-bond acceptors (Lipinski definition) is 4. The van der Waals surface area contributed by atoms with Gasteiger partial charge in [-0.15, -0.1) is 0 Å². The highest BCUT2D eigenvalue weighted by Gasteiger charge is 2.23. The summed E-state index contributed by atoms with van der Waals surface area (Å²) in [7, 11) is 0. The molecule has 0 aliphatic rings. The summed E-state index contributed by atoms with van der Waals surface area (Å²) in [5.74, 6) is 0.693. The number of carbonyl (C=O) groups excluding carboxylic acids is 1. The fraction of sp³-hybridized carbons (Fsp3) is 0.727. The topological polar surface area (TPSA) is 68.0 Å². The molecular weight excluding hydrogens is 206 g/mol. The molecule has 0 aliphatic heterocycles. The molecule has 5 nitrogen and oxygen atoms in total. The summed E-state index contributed by atoms with van der Waals surface area (Å²) in [6.45, 7) is 10.5. The van der Waals surface area contributed by atoms with Crippen LogP contribution in [-0.4, -0.2) is 22.6 Å². The van der Waals surface area contributed by atoms with Gasteiger partial charge in [-0.3, -0.25) is 4.79 Å². The standard InChI is InChI=1S/C11H19N3O2/c1-7(2)6-12-9(15)8-13-10(16-14-8)11(3,4)5/h7H,6H2,1-5H3,(H,12,15). The van der Waals surface area contributed by atoms with Crippen molar-refractivity contribution in [2.45, 2.75) is 40.0 Å². The average Bonchev–Trinajstić information content (AvgIpc) is 2.61. The Morgan fingerprint density at radius 2 is 2.06 bits per heavy atom. The molecule has 1 heterocycles. The van der Waals surface area contributed by atoms with E-state index in [0.717, 1.165) is 0 Å². The molecule has 1 aromatic heterocycles. The van der Waals surface area contributed by atoms with Gasteiger partial charge >= 0.3 is 0 Å². The molecule has 90 valence electrons. The van der Waals surface area contributed by atoms with Crippen molar-refractivity contribution in [2.75, 3.05) is 6.54 Å². The molecule has 1 amide bonds. The van der Waals surface area contributed by atoms with E-state index in [1.807, 2.05) is 34.6 Å². The zero-order valence-electron chi connectivity index (χ0n) is 10.5. The molecular formula is C11H19N3O2. The molecule has 1 N–H and O–H groups in total. The zero-order valence-corrected chi connectivity index (χ0v) is 10.5. The van der Waals surface area contributed by atoms with Crippen LogP contribution in [0.2, 0.25) is 0 Å². The predicted octanol–water partition coefficient (Wildman–Crippen LogP) is 1.75. The van der Waals surface area contributed by atoms with E-state index in [9.17, 15) is 4.79 Å². The van der Waals surface area contributed by atoms with Crippen molar-refractivity contribution in [2.24, 2.45) is 5.92 Å². The summed E-state index contributed by atoms with van der Waals surface area (Å²) in [6.07, 6.45) is 0. The molecule has 5 heteroatoms. The van der Waals surface area contributed by atoms with Crippen LogP contribution in [0.15, 0.2) is 4.52 Å². The van der Waals surface area contributed by atoms with Crippen LogP contribution in [0.3, 0.4) is 0 Å². The quantitative estimate of drug-likeness (QED) is 0.851. The van der Waals surface area contributed by atoms with Crippen molar-refractivity contribution < 1.29 is 9.32 Å². The lowest BCUT2D eigenvalue weighted by atomic mass is 9.97. The zero-order chi connectivity index (χ0) is 12.3. The fourth-order valence-electron chi connectivity index (χ4n) is 0.996. The number of amides is 1. The minimum absolute atomic E-state index is 0.102. The van der Waals surface area contributed by atoms with Gasteiger partial charge in [0, 0.05) is 12.0 Å². The molecule has 0 atom stereocenters. The van der Waals surface area contributed by atoms with Crippen LogP contribution < -0.4 is 5.32 Å². The van der Waals surface area contributed by atoms with E-state index in [1.54, 1.807) is 0 Å². The van der Waals surface area contributed by atoms with E-state index >= 15 is 0 Å². The first-order valence-corrected chi connectivity index (χ1v) is 5.43. The van der Waals surface area contributed by atoms with E-state index < -0.39 is 0 Å². The third-order valence-electron chi connectivity index (χ3n) is 1.94. The summed E-state index contributed by atoms with van der Waals surface area (Å²) < 4.78 is 5.04. The number of rotatable bonds is 3. The van der Waals surface area contributed by atoms with Gasteiger partial charge in [0.1, 0.15) is 0 Å². The minimum Gasteiger partial charge on any atom is -0.349 e. The highest BCUT2D eigenvalue weighted by Crippen LogP contribution is 2.19. The van der Waals surface area contributed by atoms with Gasteiger partial charge in [0.2, 0.25) is 5.89 Å². The predicted molar refractivity (Wildman–Crippen MR) is 60.2 cm³/mol. The first kappa shape index (κ1) is 12.7. The average molecular weight is 225 g/mol. The Balaban J connectivity index is 2.67. The smallest absolute Gasteiger partial charge is 0.292 e. The van der Waals surface area contributed by atoms with Gasteiger partial charge in [0.25, 0.3) is 11.7 Å². The van der Waals surface area contributed by atoms with E-state index in [1.165, 1.54) is 0 Å². The Morgan fingerprint density at radius 1 is 1.44 bits per heavy atom. The van der Waals surface area contributed by atoms with Gasteiger partial charge in [0.05, 0.1) is 0 Å². The lowest BCUT2D eigenvalue weighted by molar-refractivity contribution is 0.0935. The van der Waals surface area contributed by atoms with Gasteiger partial charge in [-0.25, -0.2) is 0 Å². The molecule has 16 heavy (non-hydrogen) atoms. The SMILES string of the molecule is CC(C)CNC(=O)c1noc(C(C)(C)C)n1. The van der Waals surface area contributed by atoms with Crippen LogP contribution in [0.1, 0.15) is 51.1 Å². The van der Waals surface area contributed by atoms with Crippen LogP contribution in [-0.2, 0) is 5.41 Å².